The highest BCUT2D eigenvalue weighted by molar-refractivity contribution is 6.31. The number of benzene rings is 1. The van der Waals surface area contributed by atoms with Gasteiger partial charge in [-0.05, 0) is 30.0 Å². The van der Waals surface area contributed by atoms with E-state index in [0.717, 1.165) is 5.56 Å². The number of rotatable bonds is 3. The molecule has 0 aliphatic carbocycles. The number of carbonyl (C=O) groups excluding carboxylic acids is 1. The second-order valence-electron chi connectivity index (χ2n) is 5.68. The summed E-state index contributed by atoms with van der Waals surface area (Å²) < 4.78 is 0. The van der Waals surface area contributed by atoms with Crippen molar-refractivity contribution >= 4 is 23.3 Å². The van der Waals surface area contributed by atoms with Crippen LogP contribution >= 0.6 is 11.6 Å². The predicted octanol–water partition coefficient (Wildman–Crippen LogP) is 3.18. The average Bonchev–Trinajstić information content (AvgIpc) is 2.29. The summed E-state index contributed by atoms with van der Waals surface area (Å²) in [6.45, 7) is 7.83. The summed E-state index contributed by atoms with van der Waals surface area (Å²) in [7, 11) is 0. The van der Waals surface area contributed by atoms with Gasteiger partial charge in [0.25, 0.3) is 0 Å². The Labute approximate surface area is 119 Å². The molecule has 0 heterocycles. The van der Waals surface area contributed by atoms with Crippen LogP contribution in [0.15, 0.2) is 18.2 Å². The van der Waals surface area contributed by atoms with E-state index in [0.29, 0.717) is 10.7 Å². The molecule has 0 radical (unpaired) electrons. The predicted molar refractivity (Wildman–Crippen MR) is 78.7 cm³/mol. The quantitative estimate of drug-likeness (QED) is 0.798. The molecular formula is C14H21ClN2O2. The van der Waals surface area contributed by atoms with E-state index in [2.05, 4.69) is 10.6 Å². The van der Waals surface area contributed by atoms with Crippen molar-refractivity contribution in [3.8, 4) is 0 Å². The molecule has 0 bridgehead atoms. The molecular weight excluding hydrogens is 264 g/mol. The minimum Gasteiger partial charge on any atom is -0.391 e. The van der Waals surface area contributed by atoms with Gasteiger partial charge < -0.3 is 15.7 Å². The van der Waals surface area contributed by atoms with Crippen molar-refractivity contribution in [2.24, 2.45) is 5.41 Å². The Balaban J connectivity index is 2.54. The number of halogens is 1. The Hall–Kier alpha value is -1.26. The highest BCUT2D eigenvalue weighted by Gasteiger charge is 2.22. The van der Waals surface area contributed by atoms with Gasteiger partial charge in [0.1, 0.15) is 0 Å². The molecule has 0 fully saturated rings. The van der Waals surface area contributed by atoms with Crippen LogP contribution in [0.1, 0.15) is 26.3 Å². The molecule has 0 aliphatic rings. The molecule has 1 rings (SSSR count). The molecule has 2 amide bonds. The monoisotopic (exact) mass is 284 g/mol. The second-order valence-corrected chi connectivity index (χ2v) is 6.11. The van der Waals surface area contributed by atoms with Crippen molar-refractivity contribution in [2.45, 2.75) is 33.8 Å². The third kappa shape index (κ3) is 5.09. The lowest BCUT2D eigenvalue weighted by atomic mass is 9.89. The van der Waals surface area contributed by atoms with Gasteiger partial charge in [-0.25, -0.2) is 4.79 Å². The summed E-state index contributed by atoms with van der Waals surface area (Å²) in [6, 6.07) is 4.94. The molecule has 3 N–H and O–H groups in total. The molecule has 1 aromatic carbocycles. The average molecular weight is 285 g/mol. The fourth-order valence-electron chi connectivity index (χ4n) is 1.39. The number of aliphatic hydroxyl groups is 1. The van der Waals surface area contributed by atoms with Crippen molar-refractivity contribution in [3.05, 3.63) is 28.8 Å². The normalized spacial score (nSPS) is 12.9. The third-order valence-electron chi connectivity index (χ3n) is 2.90. The minimum atomic E-state index is -0.598. The maximum Gasteiger partial charge on any atom is 0.319 e. The zero-order chi connectivity index (χ0) is 14.6. The number of aryl methyl sites for hydroxylation is 1. The standard InChI is InChI=1S/C14H21ClN2O2/c1-9-5-6-10(15)7-11(9)17-13(19)16-8-12(18)14(2,3)4/h5-7,12,18H,8H2,1-4H3,(H2,16,17,19). The van der Waals surface area contributed by atoms with Crippen LogP contribution in [0.5, 0.6) is 0 Å². The number of anilines is 1. The largest absolute Gasteiger partial charge is 0.391 e. The highest BCUT2D eigenvalue weighted by Crippen LogP contribution is 2.20. The van der Waals surface area contributed by atoms with Gasteiger partial charge in [0.15, 0.2) is 0 Å². The van der Waals surface area contributed by atoms with E-state index in [1.165, 1.54) is 0 Å². The summed E-state index contributed by atoms with van der Waals surface area (Å²) in [5.41, 5.74) is 1.32. The number of hydrogen-bond donors (Lipinski definition) is 3. The highest BCUT2D eigenvalue weighted by atomic mass is 35.5. The minimum absolute atomic E-state index is 0.203. The number of urea groups is 1. The third-order valence-corrected chi connectivity index (χ3v) is 3.14. The van der Waals surface area contributed by atoms with Crippen LogP contribution in [0.25, 0.3) is 0 Å². The molecule has 0 aliphatic heterocycles. The van der Waals surface area contributed by atoms with Gasteiger partial charge in [0.2, 0.25) is 0 Å². The first-order valence-corrected chi connectivity index (χ1v) is 6.57. The van der Waals surface area contributed by atoms with Crippen molar-refractivity contribution in [1.82, 2.24) is 5.32 Å². The lowest BCUT2D eigenvalue weighted by molar-refractivity contribution is 0.0654. The van der Waals surface area contributed by atoms with E-state index in [4.69, 9.17) is 11.6 Å². The SMILES string of the molecule is Cc1ccc(Cl)cc1NC(=O)NCC(O)C(C)(C)C. The summed E-state index contributed by atoms with van der Waals surface area (Å²) in [5.74, 6) is 0. The molecule has 106 valence electrons. The van der Waals surface area contributed by atoms with Crippen molar-refractivity contribution < 1.29 is 9.90 Å². The maximum atomic E-state index is 11.7. The maximum absolute atomic E-state index is 11.7. The molecule has 5 heteroatoms. The lowest BCUT2D eigenvalue weighted by Crippen LogP contribution is -2.40. The smallest absolute Gasteiger partial charge is 0.319 e. The second kappa shape index (κ2) is 6.26. The van der Waals surface area contributed by atoms with Crippen LogP contribution in [0.4, 0.5) is 10.5 Å². The summed E-state index contributed by atoms with van der Waals surface area (Å²) >= 11 is 5.88. The zero-order valence-electron chi connectivity index (χ0n) is 11.7. The van der Waals surface area contributed by atoms with Crippen LogP contribution in [-0.4, -0.2) is 23.8 Å². The molecule has 1 unspecified atom stereocenters. The topological polar surface area (TPSA) is 61.4 Å². The van der Waals surface area contributed by atoms with Crippen molar-refractivity contribution in [3.63, 3.8) is 0 Å². The van der Waals surface area contributed by atoms with E-state index in [1.807, 2.05) is 33.8 Å². The van der Waals surface area contributed by atoms with Crippen molar-refractivity contribution in [1.29, 1.82) is 0 Å². The van der Waals surface area contributed by atoms with E-state index >= 15 is 0 Å². The Morgan fingerprint density at radius 3 is 2.63 bits per heavy atom. The Bertz CT molecular complexity index is 455. The summed E-state index contributed by atoms with van der Waals surface area (Å²) in [4.78, 5) is 11.7. The van der Waals surface area contributed by atoms with Crippen LogP contribution < -0.4 is 10.6 Å². The van der Waals surface area contributed by atoms with Gasteiger partial charge in [-0.3, -0.25) is 0 Å². The van der Waals surface area contributed by atoms with Gasteiger partial charge in [-0.15, -0.1) is 0 Å². The number of aliphatic hydroxyl groups excluding tert-OH is 1. The van der Waals surface area contributed by atoms with E-state index < -0.39 is 6.10 Å². The first kappa shape index (κ1) is 15.8. The van der Waals surface area contributed by atoms with E-state index in [9.17, 15) is 9.90 Å². The van der Waals surface area contributed by atoms with E-state index in [1.54, 1.807) is 12.1 Å². The first-order valence-electron chi connectivity index (χ1n) is 6.19. The molecule has 0 aromatic heterocycles. The first-order chi connectivity index (χ1) is 8.70. The number of nitrogens with one attached hydrogen (secondary N) is 2. The van der Waals surface area contributed by atoms with Gasteiger partial charge in [-0.2, -0.15) is 0 Å². The van der Waals surface area contributed by atoms with E-state index in [-0.39, 0.29) is 18.0 Å². The molecule has 1 atom stereocenters. The molecule has 4 nitrogen and oxygen atoms in total. The molecule has 0 spiro atoms. The Kier molecular flexibility index (Phi) is 5.20. The Morgan fingerprint density at radius 1 is 1.42 bits per heavy atom. The number of amides is 2. The van der Waals surface area contributed by atoms with Gasteiger partial charge in [0.05, 0.1) is 6.10 Å². The van der Waals surface area contributed by atoms with Crippen LogP contribution in [0, 0.1) is 12.3 Å². The fraction of sp³-hybridized carbons (Fsp3) is 0.500. The van der Waals surface area contributed by atoms with Gasteiger partial charge in [0, 0.05) is 17.3 Å². The van der Waals surface area contributed by atoms with Gasteiger partial charge in [-0.1, -0.05) is 38.4 Å². The zero-order valence-corrected chi connectivity index (χ0v) is 12.5. The number of carbonyl (C=O) groups is 1. The van der Waals surface area contributed by atoms with Crippen LogP contribution in [-0.2, 0) is 0 Å². The molecule has 0 saturated heterocycles. The van der Waals surface area contributed by atoms with Crippen LogP contribution in [0.2, 0.25) is 5.02 Å². The Morgan fingerprint density at radius 2 is 2.05 bits per heavy atom. The number of hydrogen-bond acceptors (Lipinski definition) is 2. The fourth-order valence-corrected chi connectivity index (χ4v) is 1.56. The molecule has 1 aromatic rings. The lowest BCUT2D eigenvalue weighted by Gasteiger charge is -2.25. The van der Waals surface area contributed by atoms with Crippen molar-refractivity contribution in [2.75, 3.05) is 11.9 Å². The molecule has 0 saturated carbocycles. The van der Waals surface area contributed by atoms with Gasteiger partial charge >= 0.3 is 6.03 Å². The summed E-state index contributed by atoms with van der Waals surface area (Å²) in [5, 5.41) is 15.8. The summed E-state index contributed by atoms with van der Waals surface area (Å²) in [6.07, 6.45) is -0.598. The molecule has 19 heavy (non-hydrogen) atoms. The van der Waals surface area contributed by atoms with Crippen LogP contribution in [0.3, 0.4) is 0 Å².